The van der Waals surface area contributed by atoms with Gasteiger partial charge in [0.1, 0.15) is 6.04 Å². The molecule has 10 heteroatoms. The Kier molecular flexibility index (Phi) is 10.8. The summed E-state index contributed by atoms with van der Waals surface area (Å²) in [5.41, 5.74) is 5.99. The summed E-state index contributed by atoms with van der Waals surface area (Å²) in [6.45, 7) is 0. The van der Waals surface area contributed by atoms with Gasteiger partial charge in [0.15, 0.2) is 0 Å². The van der Waals surface area contributed by atoms with Gasteiger partial charge in [0.2, 0.25) is 23.5 Å². The summed E-state index contributed by atoms with van der Waals surface area (Å²) in [6, 6.07) is 5.19. The highest BCUT2D eigenvalue weighted by atomic mass is 35.5. The zero-order chi connectivity index (χ0) is 29.4. The average Bonchev–Trinajstić information content (AvgIpc) is 3.24. The zero-order valence-electron chi connectivity index (χ0n) is 23.7. The molecule has 0 aromatic heterocycles. The number of amides is 4. The maximum Gasteiger partial charge on any atom is 0.287 e. The van der Waals surface area contributed by atoms with E-state index in [0.29, 0.717) is 24.3 Å². The molecule has 3 fully saturated rings. The second-order valence-electron chi connectivity index (χ2n) is 12.2. The van der Waals surface area contributed by atoms with Crippen LogP contribution in [0.25, 0.3) is 0 Å². The lowest BCUT2D eigenvalue weighted by molar-refractivity contribution is -0.139. The Bertz CT molecular complexity index is 1130. The molecule has 0 bridgehead atoms. The molecule has 2 aliphatic carbocycles. The monoisotopic (exact) mass is 586 g/mol. The molecular formula is C31H43ClN4O5. The van der Waals surface area contributed by atoms with E-state index < -0.39 is 35.6 Å². The number of nitrogens with two attached hydrogens (primary N) is 1. The Morgan fingerprint density at radius 2 is 1.68 bits per heavy atom. The molecule has 3 aliphatic rings. The third kappa shape index (κ3) is 8.77. The minimum Gasteiger partial charge on any atom is -0.363 e. The molecule has 4 amide bonds. The lowest BCUT2D eigenvalue weighted by Gasteiger charge is -2.33. The van der Waals surface area contributed by atoms with E-state index in [1.165, 1.54) is 0 Å². The standard InChI is InChI=1S/C31H43ClN4O5/c32-23-11-7-10-21(16-23)12-13-26(37)34-25(17-20-8-3-1-4-9-20)30(41)35-24(27(38)28(33)39)18-22-19-31(36-29(22)40)14-5-2-6-15-31/h7,10-11,16,20,22,24-25H,1-6,8-9,12-15,17-19H2,(H2,33,39)(H,34,37)(H,35,41)(H,36,40)/t22?,24?,25-/m0/s1. The van der Waals surface area contributed by atoms with Crippen LogP contribution in [0.4, 0.5) is 0 Å². The van der Waals surface area contributed by atoms with Gasteiger partial charge in [0, 0.05) is 22.9 Å². The van der Waals surface area contributed by atoms with Crippen molar-refractivity contribution in [2.24, 2.45) is 17.6 Å². The number of aryl methyl sites for hydroxylation is 1. The predicted octanol–water partition coefficient (Wildman–Crippen LogP) is 3.50. The van der Waals surface area contributed by atoms with Crippen LogP contribution < -0.4 is 21.7 Å². The van der Waals surface area contributed by atoms with Crippen molar-refractivity contribution in [3.63, 3.8) is 0 Å². The van der Waals surface area contributed by atoms with Gasteiger partial charge < -0.3 is 21.7 Å². The molecule has 9 nitrogen and oxygen atoms in total. The van der Waals surface area contributed by atoms with Crippen LogP contribution in [0.5, 0.6) is 0 Å². The number of ketones is 1. The molecule has 4 rings (SSSR count). The number of halogens is 1. The van der Waals surface area contributed by atoms with Gasteiger partial charge in [-0.05, 0) is 62.1 Å². The third-order valence-corrected chi connectivity index (χ3v) is 9.31. The first-order valence-corrected chi connectivity index (χ1v) is 15.5. The number of Topliss-reactive ketones (excluding diaryl/α,β-unsaturated/α-hetero) is 1. The number of hydrogen-bond acceptors (Lipinski definition) is 5. The fourth-order valence-electron chi connectivity index (χ4n) is 6.89. The fraction of sp³-hybridized carbons (Fsp3) is 0.645. The maximum absolute atomic E-state index is 13.6. The van der Waals surface area contributed by atoms with Crippen LogP contribution in [0.2, 0.25) is 5.02 Å². The van der Waals surface area contributed by atoms with E-state index in [1.54, 1.807) is 12.1 Å². The number of hydrogen-bond donors (Lipinski definition) is 4. The molecule has 2 unspecified atom stereocenters. The summed E-state index contributed by atoms with van der Waals surface area (Å²) >= 11 is 6.06. The van der Waals surface area contributed by atoms with E-state index in [0.717, 1.165) is 69.8 Å². The van der Waals surface area contributed by atoms with Crippen molar-refractivity contribution >= 4 is 41.0 Å². The Morgan fingerprint density at radius 1 is 0.976 bits per heavy atom. The number of carbonyl (C=O) groups is 5. The molecule has 1 saturated heterocycles. The summed E-state index contributed by atoms with van der Waals surface area (Å²) in [6.07, 6.45) is 11.9. The van der Waals surface area contributed by atoms with Gasteiger partial charge in [-0.25, -0.2) is 0 Å². The summed E-state index contributed by atoms with van der Waals surface area (Å²) in [4.78, 5) is 64.2. The molecule has 1 heterocycles. The van der Waals surface area contributed by atoms with Crippen LogP contribution in [0, 0.1) is 11.8 Å². The van der Waals surface area contributed by atoms with Crippen LogP contribution in [0.3, 0.4) is 0 Å². The predicted molar refractivity (Wildman–Crippen MR) is 156 cm³/mol. The maximum atomic E-state index is 13.6. The van der Waals surface area contributed by atoms with E-state index in [1.807, 2.05) is 12.1 Å². The molecule has 0 radical (unpaired) electrons. The first-order valence-electron chi connectivity index (χ1n) is 15.1. The van der Waals surface area contributed by atoms with E-state index in [4.69, 9.17) is 17.3 Å². The molecule has 41 heavy (non-hydrogen) atoms. The molecule has 1 aliphatic heterocycles. The smallest absolute Gasteiger partial charge is 0.287 e. The van der Waals surface area contributed by atoms with Gasteiger partial charge in [-0.15, -0.1) is 0 Å². The summed E-state index contributed by atoms with van der Waals surface area (Å²) < 4.78 is 0. The first kappa shape index (κ1) is 31.0. The Morgan fingerprint density at radius 3 is 2.37 bits per heavy atom. The van der Waals surface area contributed by atoms with Crippen LogP contribution in [-0.2, 0) is 30.4 Å². The minimum absolute atomic E-state index is 0.0000415. The van der Waals surface area contributed by atoms with E-state index in [9.17, 15) is 24.0 Å². The first-order chi connectivity index (χ1) is 19.6. The average molecular weight is 587 g/mol. The second kappa shape index (κ2) is 14.3. The Labute approximate surface area is 247 Å². The van der Waals surface area contributed by atoms with Gasteiger partial charge >= 0.3 is 0 Å². The highest BCUT2D eigenvalue weighted by molar-refractivity contribution is 6.38. The zero-order valence-corrected chi connectivity index (χ0v) is 24.5. The van der Waals surface area contributed by atoms with Crippen molar-refractivity contribution in [2.45, 2.75) is 114 Å². The van der Waals surface area contributed by atoms with Crippen LogP contribution >= 0.6 is 11.6 Å². The van der Waals surface area contributed by atoms with Crippen molar-refractivity contribution in [3.8, 4) is 0 Å². The van der Waals surface area contributed by atoms with Gasteiger partial charge in [-0.2, -0.15) is 0 Å². The number of primary amides is 1. The third-order valence-electron chi connectivity index (χ3n) is 9.08. The van der Waals surface area contributed by atoms with E-state index in [2.05, 4.69) is 16.0 Å². The number of nitrogens with one attached hydrogen (secondary N) is 3. The minimum atomic E-state index is -1.23. The van der Waals surface area contributed by atoms with Crippen molar-refractivity contribution in [3.05, 3.63) is 34.9 Å². The lowest BCUT2D eigenvalue weighted by atomic mass is 9.78. The summed E-state index contributed by atoms with van der Waals surface area (Å²) in [5, 5.41) is 9.32. The highest BCUT2D eigenvalue weighted by Gasteiger charge is 2.46. The molecule has 3 atom stereocenters. The fourth-order valence-corrected chi connectivity index (χ4v) is 7.10. The largest absolute Gasteiger partial charge is 0.363 e. The van der Waals surface area contributed by atoms with E-state index >= 15 is 0 Å². The second-order valence-corrected chi connectivity index (χ2v) is 12.7. The molecule has 224 valence electrons. The highest BCUT2D eigenvalue weighted by Crippen LogP contribution is 2.39. The SMILES string of the molecule is NC(=O)C(=O)C(CC1CC2(CCCCC2)NC1=O)NC(=O)[C@H](CC1CCCCC1)NC(=O)CCc1cccc(Cl)c1. The van der Waals surface area contributed by atoms with Gasteiger partial charge in [0.25, 0.3) is 5.91 Å². The lowest BCUT2D eigenvalue weighted by Crippen LogP contribution is -2.54. The summed E-state index contributed by atoms with van der Waals surface area (Å²) in [5.74, 6) is -3.30. The van der Waals surface area contributed by atoms with Gasteiger partial charge in [0.05, 0.1) is 6.04 Å². The van der Waals surface area contributed by atoms with Crippen molar-refractivity contribution in [1.82, 2.24) is 16.0 Å². The molecule has 2 saturated carbocycles. The Hall–Kier alpha value is -2.94. The molecule has 1 aromatic carbocycles. The van der Waals surface area contributed by atoms with Crippen LogP contribution in [0.1, 0.15) is 95.5 Å². The van der Waals surface area contributed by atoms with Crippen LogP contribution in [-0.4, -0.2) is 47.0 Å². The molecular weight excluding hydrogens is 544 g/mol. The summed E-state index contributed by atoms with van der Waals surface area (Å²) in [7, 11) is 0. The van der Waals surface area contributed by atoms with Crippen molar-refractivity contribution in [2.75, 3.05) is 0 Å². The van der Waals surface area contributed by atoms with Crippen LogP contribution in [0.15, 0.2) is 24.3 Å². The Balaban J connectivity index is 1.43. The molecule has 1 aromatic rings. The number of rotatable bonds is 12. The molecule has 1 spiro atoms. The quantitative estimate of drug-likeness (QED) is 0.277. The van der Waals surface area contributed by atoms with Gasteiger partial charge in [-0.1, -0.05) is 75.1 Å². The van der Waals surface area contributed by atoms with E-state index in [-0.39, 0.29) is 36.1 Å². The number of carbonyl (C=O) groups excluding carboxylic acids is 5. The topological polar surface area (TPSA) is 147 Å². The van der Waals surface area contributed by atoms with Gasteiger partial charge in [-0.3, -0.25) is 24.0 Å². The van der Waals surface area contributed by atoms with Crippen molar-refractivity contribution in [1.29, 1.82) is 0 Å². The molecule has 5 N–H and O–H groups in total. The number of benzene rings is 1. The van der Waals surface area contributed by atoms with Crippen molar-refractivity contribution < 1.29 is 24.0 Å². The normalized spacial score (nSPS) is 22.0.